The van der Waals surface area contributed by atoms with E-state index < -0.39 is 0 Å². The highest BCUT2D eigenvalue weighted by Gasteiger charge is 2.21. The molecule has 0 saturated carbocycles. The van der Waals surface area contributed by atoms with Crippen molar-refractivity contribution in [3.8, 4) is 0 Å². The summed E-state index contributed by atoms with van der Waals surface area (Å²) in [5.41, 5.74) is 4.15. The normalized spacial score (nSPS) is 24.7. The Morgan fingerprint density at radius 3 is 2.74 bits per heavy atom. The number of hydrogen-bond acceptors (Lipinski definition) is 4. The number of hydrogen-bond donors (Lipinski definition) is 1. The molecule has 1 atom stereocenters. The average molecular weight is 266 g/mol. The minimum atomic E-state index is 0.574. The van der Waals surface area contributed by atoms with E-state index in [9.17, 15) is 0 Å². The Morgan fingerprint density at radius 1 is 1.26 bits per heavy atom. The van der Waals surface area contributed by atoms with Crippen LogP contribution >= 0.6 is 0 Å². The Hall–Kier alpha value is -0.840. The van der Waals surface area contributed by atoms with Gasteiger partial charge >= 0.3 is 0 Å². The second-order valence-corrected chi connectivity index (χ2v) is 5.43. The SMILES string of the molecule is COCC1=C(COC)CCC(N2CCNC(C)C2)=C1. The van der Waals surface area contributed by atoms with Crippen molar-refractivity contribution in [2.75, 3.05) is 47.1 Å². The molecule has 0 aromatic carbocycles. The van der Waals surface area contributed by atoms with Gasteiger partial charge in [0.25, 0.3) is 0 Å². The van der Waals surface area contributed by atoms with Crippen LogP contribution in [0.25, 0.3) is 0 Å². The average Bonchev–Trinajstić information content (AvgIpc) is 2.41. The van der Waals surface area contributed by atoms with E-state index in [1.54, 1.807) is 14.2 Å². The fourth-order valence-electron chi connectivity index (χ4n) is 2.90. The lowest BCUT2D eigenvalue weighted by atomic mass is 9.95. The summed E-state index contributed by atoms with van der Waals surface area (Å²) in [4.78, 5) is 2.51. The Morgan fingerprint density at radius 2 is 2.05 bits per heavy atom. The molecule has 1 heterocycles. The highest BCUT2D eigenvalue weighted by atomic mass is 16.5. The summed E-state index contributed by atoms with van der Waals surface area (Å²) < 4.78 is 10.6. The van der Waals surface area contributed by atoms with Gasteiger partial charge in [-0.05, 0) is 37.0 Å². The Labute approximate surface area is 116 Å². The maximum atomic E-state index is 5.33. The molecule has 4 heteroatoms. The zero-order valence-corrected chi connectivity index (χ0v) is 12.4. The summed E-state index contributed by atoms with van der Waals surface area (Å²) in [6.07, 6.45) is 4.54. The van der Waals surface area contributed by atoms with Crippen LogP contribution in [0.2, 0.25) is 0 Å². The van der Waals surface area contributed by atoms with Crippen LogP contribution in [-0.2, 0) is 9.47 Å². The van der Waals surface area contributed by atoms with Gasteiger partial charge in [0.1, 0.15) is 0 Å². The smallest absolute Gasteiger partial charge is 0.0714 e. The first kappa shape index (κ1) is 14.6. The van der Waals surface area contributed by atoms with E-state index in [1.807, 2.05) is 0 Å². The standard InChI is InChI=1S/C15H26N2O2/c1-12-9-17(7-6-16-12)15-5-4-13(10-18-2)14(8-15)11-19-3/h8,12,16H,4-7,9-11H2,1-3H3. The maximum absolute atomic E-state index is 5.33. The predicted octanol–water partition coefficient (Wildman–Crippen LogP) is 1.55. The fraction of sp³-hybridized carbons (Fsp3) is 0.733. The zero-order chi connectivity index (χ0) is 13.7. The lowest BCUT2D eigenvalue weighted by Crippen LogP contribution is -2.48. The van der Waals surface area contributed by atoms with Crippen LogP contribution in [0, 0.1) is 0 Å². The second-order valence-electron chi connectivity index (χ2n) is 5.43. The summed E-state index contributed by atoms with van der Waals surface area (Å²) in [5.74, 6) is 0. The molecule has 1 aliphatic carbocycles. The van der Waals surface area contributed by atoms with Gasteiger partial charge in [-0.1, -0.05) is 0 Å². The molecule has 0 aromatic rings. The number of piperazine rings is 1. The van der Waals surface area contributed by atoms with Gasteiger partial charge in [-0.2, -0.15) is 0 Å². The molecule has 108 valence electrons. The highest BCUT2D eigenvalue weighted by molar-refractivity contribution is 5.34. The lowest BCUT2D eigenvalue weighted by molar-refractivity contribution is 0.205. The molecule has 1 saturated heterocycles. The van der Waals surface area contributed by atoms with Crippen molar-refractivity contribution in [1.82, 2.24) is 10.2 Å². The molecule has 0 aromatic heterocycles. The lowest BCUT2D eigenvalue weighted by Gasteiger charge is -2.37. The van der Waals surface area contributed by atoms with Crippen LogP contribution in [0.1, 0.15) is 19.8 Å². The second kappa shape index (κ2) is 7.08. The van der Waals surface area contributed by atoms with Gasteiger partial charge in [0.05, 0.1) is 13.2 Å². The van der Waals surface area contributed by atoms with Gasteiger partial charge in [0.15, 0.2) is 0 Å². The summed E-state index contributed by atoms with van der Waals surface area (Å²) in [6, 6.07) is 0.574. The minimum Gasteiger partial charge on any atom is -0.380 e. The topological polar surface area (TPSA) is 33.7 Å². The number of ether oxygens (including phenoxy) is 2. The number of nitrogens with one attached hydrogen (secondary N) is 1. The van der Waals surface area contributed by atoms with Crippen molar-refractivity contribution in [1.29, 1.82) is 0 Å². The van der Waals surface area contributed by atoms with Gasteiger partial charge < -0.3 is 19.7 Å². The van der Waals surface area contributed by atoms with Crippen molar-refractivity contribution in [2.45, 2.75) is 25.8 Å². The van der Waals surface area contributed by atoms with Crippen LogP contribution in [0.15, 0.2) is 22.9 Å². The number of allylic oxidation sites excluding steroid dienone is 1. The van der Waals surface area contributed by atoms with Gasteiger partial charge in [-0.3, -0.25) is 0 Å². The maximum Gasteiger partial charge on any atom is 0.0714 e. The third kappa shape index (κ3) is 3.81. The van der Waals surface area contributed by atoms with Crippen molar-refractivity contribution in [2.24, 2.45) is 0 Å². The summed E-state index contributed by atoms with van der Waals surface area (Å²) in [7, 11) is 3.51. The van der Waals surface area contributed by atoms with E-state index in [0.29, 0.717) is 12.6 Å². The summed E-state index contributed by atoms with van der Waals surface area (Å²) in [5, 5.41) is 3.49. The minimum absolute atomic E-state index is 0.574. The molecule has 0 spiro atoms. The van der Waals surface area contributed by atoms with E-state index in [1.165, 1.54) is 16.8 Å². The summed E-state index contributed by atoms with van der Waals surface area (Å²) >= 11 is 0. The van der Waals surface area contributed by atoms with Crippen molar-refractivity contribution in [3.63, 3.8) is 0 Å². The highest BCUT2D eigenvalue weighted by Crippen LogP contribution is 2.27. The van der Waals surface area contributed by atoms with Crippen LogP contribution < -0.4 is 5.32 Å². The molecule has 0 amide bonds. The number of methoxy groups -OCH3 is 2. The van der Waals surface area contributed by atoms with E-state index in [2.05, 4.69) is 23.2 Å². The Bertz CT molecular complexity index is 363. The van der Waals surface area contributed by atoms with Gasteiger partial charge in [-0.15, -0.1) is 0 Å². The van der Waals surface area contributed by atoms with Crippen molar-refractivity contribution >= 4 is 0 Å². The molecule has 1 unspecified atom stereocenters. The Balaban J connectivity index is 2.11. The molecule has 2 aliphatic rings. The summed E-state index contributed by atoms with van der Waals surface area (Å²) in [6.45, 7) is 6.94. The molecular formula is C15H26N2O2. The predicted molar refractivity (Wildman–Crippen MR) is 77.1 cm³/mol. The first-order chi connectivity index (χ1) is 9.24. The van der Waals surface area contributed by atoms with Gasteiger partial charge in [-0.25, -0.2) is 0 Å². The molecule has 0 radical (unpaired) electrons. The third-order valence-corrected chi connectivity index (χ3v) is 3.87. The first-order valence-corrected chi connectivity index (χ1v) is 7.12. The van der Waals surface area contributed by atoms with Crippen LogP contribution in [0.5, 0.6) is 0 Å². The van der Waals surface area contributed by atoms with E-state index in [-0.39, 0.29) is 0 Å². The Kier molecular flexibility index (Phi) is 5.43. The van der Waals surface area contributed by atoms with Crippen LogP contribution in [-0.4, -0.2) is 58.0 Å². The van der Waals surface area contributed by atoms with E-state index >= 15 is 0 Å². The molecule has 1 N–H and O–H groups in total. The van der Waals surface area contributed by atoms with Crippen molar-refractivity contribution < 1.29 is 9.47 Å². The number of rotatable bonds is 5. The molecule has 1 fully saturated rings. The zero-order valence-electron chi connectivity index (χ0n) is 12.4. The monoisotopic (exact) mass is 266 g/mol. The fourth-order valence-corrected chi connectivity index (χ4v) is 2.90. The molecular weight excluding hydrogens is 240 g/mol. The molecule has 2 rings (SSSR count). The van der Waals surface area contributed by atoms with Gasteiger partial charge in [0.2, 0.25) is 0 Å². The van der Waals surface area contributed by atoms with Gasteiger partial charge in [0, 0.05) is 45.6 Å². The van der Waals surface area contributed by atoms with Crippen LogP contribution in [0.4, 0.5) is 0 Å². The molecule has 0 bridgehead atoms. The molecule has 1 aliphatic heterocycles. The quantitative estimate of drug-likeness (QED) is 0.818. The molecule has 4 nitrogen and oxygen atoms in total. The van der Waals surface area contributed by atoms with Crippen LogP contribution in [0.3, 0.4) is 0 Å². The third-order valence-electron chi connectivity index (χ3n) is 3.87. The largest absolute Gasteiger partial charge is 0.380 e. The van der Waals surface area contributed by atoms with Crippen molar-refractivity contribution in [3.05, 3.63) is 22.9 Å². The van der Waals surface area contributed by atoms with E-state index in [4.69, 9.17) is 9.47 Å². The molecule has 19 heavy (non-hydrogen) atoms. The van der Waals surface area contributed by atoms with E-state index in [0.717, 1.165) is 39.1 Å². The number of nitrogens with zero attached hydrogens (tertiary/aromatic N) is 1. The first-order valence-electron chi connectivity index (χ1n) is 7.12.